The van der Waals surface area contributed by atoms with Gasteiger partial charge in [0.1, 0.15) is 0 Å². The largest absolute Gasteiger partial charge is 0.294 e. The average molecular weight is 356 g/mol. The summed E-state index contributed by atoms with van der Waals surface area (Å²) in [6, 6.07) is 7.39. The van der Waals surface area contributed by atoms with E-state index in [2.05, 4.69) is 28.0 Å². The summed E-state index contributed by atoms with van der Waals surface area (Å²) in [7, 11) is 0. The highest BCUT2D eigenvalue weighted by Crippen LogP contribution is 2.27. The fourth-order valence-electron chi connectivity index (χ4n) is 2.08. The first-order valence-corrected chi connectivity index (χ1v) is 7.76. The highest BCUT2D eigenvalue weighted by Gasteiger charge is 2.16. The zero-order valence-electron chi connectivity index (χ0n) is 11.5. The van der Waals surface area contributed by atoms with Gasteiger partial charge in [-0.3, -0.25) is 9.48 Å². The van der Waals surface area contributed by atoms with E-state index in [0.717, 1.165) is 28.8 Å². The predicted molar refractivity (Wildman–Crippen MR) is 84.5 cm³/mol. The molecule has 2 aromatic rings. The number of halogens is 2. The summed E-state index contributed by atoms with van der Waals surface area (Å²) in [6.45, 7) is 4.83. The number of benzene rings is 1. The number of rotatable bonds is 5. The monoisotopic (exact) mass is 354 g/mol. The fraction of sp³-hybridized carbons (Fsp3) is 0.333. The van der Waals surface area contributed by atoms with E-state index in [1.807, 2.05) is 29.8 Å². The summed E-state index contributed by atoms with van der Waals surface area (Å²) < 4.78 is 2.62. The van der Waals surface area contributed by atoms with Gasteiger partial charge in [0, 0.05) is 22.3 Å². The first-order valence-electron chi connectivity index (χ1n) is 6.59. The van der Waals surface area contributed by atoms with Gasteiger partial charge >= 0.3 is 0 Å². The predicted octanol–water partition coefficient (Wildman–Crippen LogP) is 4.31. The maximum absolute atomic E-state index is 12.4. The Morgan fingerprint density at radius 1 is 1.40 bits per heavy atom. The lowest BCUT2D eigenvalue weighted by Crippen LogP contribution is -2.10. The molecule has 1 heterocycles. The quantitative estimate of drug-likeness (QED) is 0.749. The molecule has 1 aromatic carbocycles. The van der Waals surface area contributed by atoms with Crippen molar-refractivity contribution in [2.75, 3.05) is 0 Å². The van der Waals surface area contributed by atoms with Crippen molar-refractivity contribution in [1.82, 2.24) is 9.78 Å². The Morgan fingerprint density at radius 3 is 2.80 bits per heavy atom. The molecule has 0 unspecified atom stereocenters. The van der Waals surface area contributed by atoms with Crippen molar-refractivity contribution in [2.24, 2.45) is 0 Å². The summed E-state index contributed by atoms with van der Waals surface area (Å²) in [5.41, 5.74) is 2.49. The maximum atomic E-state index is 12.4. The van der Waals surface area contributed by atoms with Crippen LogP contribution in [0.15, 0.2) is 28.7 Å². The van der Waals surface area contributed by atoms with Crippen LogP contribution in [0.3, 0.4) is 0 Å². The number of aryl methyl sites for hydroxylation is 2. The van der Waals surface area contributed by atoms with Gasteiger partial charge in [-0.1, -0.05) is 24.6 Å². The zero-order valence-corrected chi connectivity index (χ0v) is 13.8. The molecule has 0 saturated heterocycles. The van der Waals surface area contributed by atoms with E-state index in [4.69, 9.17) is 11.6 Å². The number of hydrogen-bond donors (Lipinski definition) is 0. The van der Waals surface area contributed by atoms with Crippen molar-refractivity contribution < 1.29 is 4.79 Å². The Kier molecular flexibility index (Phi) is 5.00. The summed E-state index contributed by atoms with van der Waals surface area (Å²) in [4.78, 5) is 12.4. The molecule has 0 N–H and O–H groups in total. The lowest BCUT2D eigenvalue weighted by atomic mass is 10.1. The molecule has 0 atom stereocenters. The van der Waals surface area contributed by atoms with E-state index >= 15 is 0 Å². The standard InChI is InChI=1S/C15H16BrClN2O/c1-3-10-8-11(19(4-2)18-10)9-14(20)12-6-5-7-13(16)15(12)17/h5-8H,3-4,9H2,1-2H3. The molecule has 0 spiro atoms. The normalized spacial score (nSPS) is 10.8. The third-order valence-corrected chi connectivity index (χ3v) is 4.47. The van der Waals surface area contributed by atoms with Crippen LogP contribution in [0.2, 0.25) is 5.02 Å². The van der Waals surface area contributed by atoms with E-state index in [-0.39, 0.29) is 5.78 Å². The molecule has 0 amide bonds. The minimum atomic E-state index is 0.00792. The van der Waals surface area contributed by atoms with Crippen LogP contribution in [0, 0.1) is 0 Å². The maximum Gasteiger partial charge on any atom is 0.170 e. The topological polar surface area (TPSA) is 34.9 Å². The van der Waals surface area contributed by atoms with E-state index in [1.54, 1.807) is 6.07 Å². The molecular formula is C15H16BrClN2O. The minimum Gasteiger partial charge on any atom is -0.294 e. The molecule has 106 valence electrons. The highest BCUT2D eigenvalue weighted by molar-refractivity contribution is 9.10. The first-order chi connectivity index (χ1) is 9.56. The second kappa shape index (κ2) is 6.55. The molecule has 3 nitrogen and oxygen atoms in total. The number of nitrogens with zero attached hydrogens (tertiary/aromatic N) is 2. The first kappa shape index (κ1) is 15.3. The molecule has 0 bridgehead atoms. The van der Waals surface area contributed by atoms with Crippen molar-refractivity contribution in [1.29, 1.82) is 0 Å². The molecule has 5 heteroatoms. The van der Waals surface area contributed by atoms with Crippen molar-refractivity contribution in [2.45, 2.75) is 33.2 Å². The number of carbonyl (C=O) groups is 1. The molecule has 1 aromatic heterocycles. The molecule has 0 aliphatic heterocycles. The van der Waals surface area contributed by atoms with Gasteiger partial charge in [0.25, 0.3) is 0 Å². The Hall–Kier alpha value is -1.13. The Balaban J connectivity index is 2.27. The van der Waals surface area contributed by atoms with Crippen LogP contribution in [0.1, 0.15) is 35.6 Å². The van der Waals surface area contributed by atoms with E-state index < -0.39 is 0 Å². The Morgan fingerprint density at radius 2 is 2.15 bits per heavy atom. The molecule has 2 rings (SSSR count). The van der Waals surface area contributed by atoms with Crippen molar-refractivity contribution in [3.05, 3.63) is 50.7 Å². The van der Waals surface area contributed by atoms with Crippen LogP contribution >= 0.6 is 27.5 Å². The van der Waals surface area contributed by atoms with Crippen molar-refractivity contribution in [3.8, 4) is 0 Å². The zero-order chi connectivity index (χ0) is 14.7. The lowest BCUT2D eigenvalue weighted by molar-refractivity contribution is 0.0990. The van der Waals surface area contributed by atoms with Crippen LogP contribution in [-0.2, 0) is 19.4 Å². The number of Topliss-reactive ketones (excluding diaryl/α,β-unsaturated/α-hetero) is 1. The smallest absolute Gasteiger partial charge is 0.170 e. The Labute approximate surface area is 132 Å². The number of carbonyl (C=O) groups excluding carboxylic acids is 1. The van der Waals surface area contributed by atoms with Gasteiger partial charge in [-0.15, -0.1) is 0 Å². The van der Waals surface area contributed by atoms with Crippen LogP contribution < -0.4 is 0 Å². The molecule has 20 heavy (non-hydrogen) atoms. The van der Waals surface area contributed by atoms with E-state index in [9.17, 15) is 4.79 Å². The van der Waals surface area contributed by atoms with E-state index in [0.29, 0.717) is 17.0 Å². The molecular weight excluding hydrogens is 340 g/mol. The molecule has 0 fully saturated rings. The molecule has 0 saturated carbocycles. The summed E-state index contributed by atoms with van der Waals surface area (Å²) in [6.07, 6.45) is 1.18. The molecule has 0 aliphatic carbocycles. The van der Waals surface area contributed by atoms with Crippen LogP contribution in [-0.4, -0.2) is 15.6 Å². The van der Waals surface area contributed by atoms with Gasteiger partial charge in [0.2, 0.25) is 0 Å². The van der Waals surface area contributed by atoms with Gasteiger partial charge in [-0.2, -0.15) is 5.10 Å². The molecule has 0 radical (unpaired) electrons. The van der Waals surface area contributed by atoms with Crippen molar-refractivity contribution in [3.63, 3.8) is 0 Å². The lowest BCUT2D eigenvalue weighted by Gasteiger charge is -2.06. The van der Waals surface area contributed by atoms with Crippen LogP contribution in [0.25, 0.3) is 0 Å². The minimum absolute atomic E-state index is 0.00792. The average Bonchev–Trinajstić information content (AvgIpc) is 2.84. The van der Waals surface area contributed by atoms with Gasteiger partial charge in [0.05, 0.1) is 17.1 Å². The van der Waals surface area contributed by atoms with Gasteiger partial charge in [0.15, 0.2) is 5.78 Å². The van der Waals surface area contributed by atoms with Crippen LogP contribution in [0.4, 0.5) is 0 Å². The SMILES string of the molecule is CCc1cc(CC(=O)c2cccc(Br)c2Cl)n(CC)n1. The number of hydrogen-bond acceptors (Lipinski definition) is 2. The van der Waals surface area contributed by atoms with Gasteiger partial charge < -0.3 is 0 Å². The number of ketones is 1. The Bertz CT molecular complexity index is 637. The van der Waals surface area contributed by atoms with Gasteiger partial charge in [-0.25, -0.2) is 0 Å². The summed E-state index contributed by atoms with van der Waals surface area (Å²) in [5.74, 6) is 0.00792. The van der Waals surface area contributed by atoms with E-state index in [1.165, 1.54) is 0 Å². The van der Waals surface area contributed by atoms with Gasteiger partial charge in [-0.05, 0) is 47.5 Å². The highest BCUT2D eigenvalue weighted by atomic mass is 79.9. The summed E-state index contributed by atoms with van der Waals surface area (Å²) >= 11 is 9.51. The second-order valence-electron chi connectivity index (χ2n) is 4.50. The molecule has 0 aliphatic rings. The second-order valence-corrected chi connectivity index (χ2v) is 5.73. The third-order valence-electron chi connectivity index (χ3n) is 3.17. The fourth-order valence-corrected chi connectivity index (χ4v) is 2.68. The number of aromatic nitrogens is 2. The summed E-state index contributed by atoms with van der Waals surface area (Å²) in [5, 5.41) is 4.92. The van der Waals surface area contributed by atoms with Crippen molar-refractivity contribution >= 4 is 33.3 Å². The third kappa shape index (κ3) is 3.13. The van der Waals surface area contributed by atoms with Crippen LogP contribution in [0.5, 0.6) is 0 Å².